The molecule has 0 saturated carbocycles. The van der Waals surface area contributed by atoms with Crippen LogP contribution in [0.3, 0.4) is 0 Å². The second kappa shape index (κ2) is 4.82. The molecule has 17 heavy (non-hydrogen) atoms. The molecule has 1 aromatic heterocycles. The number of nitrogens with one attached hydrogen (secondary N) is 2. The van der Waals surface area contributed by atoms with Crippen LogP contribution < -0.4 is 5.32 Å². The highest BCUT2D eigenvalue weighted by atomic mass is 16.1. The van der Waals surface area contributed by atoms with Crippen molar-refractivity contribution in [2.75, 3.05) is 5.32 Å². The SMILES string of the molecule is Cc1cccc(C)c1NC(=O)Cc1cnc[nH]1. The van der Waals surface area contributed by atoms with Gasteiger partial charge in [0.05, 0.1) is 12.7 Å². The zero-order valence-corrected chi connectivity index (χ0v) is 9.95. The van der Waals surface area contributed by atoms with Crippen LogP contribution >= 0.6 is 0 Å². The van der Waals surface area contributed by atoms with Crippen LogP contribution in [-0.2, 0) is 11.2 Å². The van der Waals surface area contributed by atoms with E-state index in [0.29, 0.717) is 6.42 Å². The van der Waals surface area contributed by atoms with Gasteiger partial charge in [-0.2, -0.15) is 0 Å². The third-order valence-electron chi connectivity index (χ3n) is 2.65. The largest absolute Gasteiger partial charge is 0.348 e. The van der Waals surface area contributed by atoms with Gasteiger partial charge in [-0.1, -0.05) is 18.2 Å². The third-order valence-corrected chi connectivity index (χ3v) is 2.65. The maximum Gasteiger partial charge on any atom is 0.230 e. The van der Waals surface area contributed by atoms with Gasteiger partial charge in [-0.25, -0.2) is 4.98 Å². The summed E-state index contributed by atoms with van der Waals surface area (Å²) < 4.78 is 0. The average molecular weight is 229 g/mol. The van der Waals surface area contributed by atoms with E-state index >= 15 is 0 Å². The molecule has 0 radical (unpaired) electrons. The van der Waals surface area contributed by atoms with E-state index in [4.69, 9.17) is 0 Å². The molecule has 4 heteroatoms. The number of para-hydroxylation sites is 1. The van der Waals surface area contributed by atoms with E-state index in [1.165, 1.54) is 0 Å². The topological polar surface area (TPSA) is 57.8 Å². The van der Waals surface area contributed by atoms with Crippen molar-refractivity contribution in [1.82, 2.24) is 9.97 Å². The second-order valence-electron chi connectivity index (χ2n) is 4.07. The van der Waals surface area contributed by atoms with Crippen molar-refractivity contribution in [1.29, 1.82) is 0 Å². The van der Waals surface area contributed by atoms with Gasteiger partial charge in [-0.05, 0) is 25.0 Å². The van der Waals surface area contributed by atoms with E-state index in [9.17, 15) is 4.79 Å². The lowest BCUT2D eigenvalue weighted by Crippen LogP contribution is -2.16. The summed E-state index contributed by atoms with van der Waals surface area (Å²) in [5, 5.41) is 2.93. The lowest BCUT2D eigenvalue weighted by Gasteiger charge is -2.10. The number of rotatable bonds is 3. The first-order valence-corrected chi connectivity index (χ1v) is 5.50. The van der Waals surface area contributed by atoms with Crippen LogP contribution in [0, 0.1) is 13.8 Å². The maximum absolute atomic E-state index is 11.8. The molecule has 1 aromatic carbocycles. The summed E-state index contributed by atoms with van der Waals surface area (Å²) in [6.07, 6.45) is 3.54. The van der Waals surface area contributed by atoms with Gasteiger partial charge < -0.3 is 10.3 Å². The first kappa shape index (κ1) is 11.4. The predicted molar refractivity (Wildman–Crippen MR) is 66.8 cm³/mol. The Morgan fingerprint density at radius 1 is 1.35 bits per heavy atom. The number of hydrogen-bond acceptors (Lipinski definition) is 2. The van der Waals surface area contributed by atoms with Crippen molar-refractivity contribution >= 4 is 11.6 Å². The Bertz CT molecular complexity index is 497. The van der Waals surface area contributed by atoms with Gasteiger partial charge in [0.1, 0.15) is 0 Å². The zero-order chi connectivity index (χ0) is 12.3. The molecule has 0 spiro atoms. The predicted octanol–water partition coefficient (Wildman–Crippen LogP) is 2.21. The minimum atomic E-state index is -0.0355. The van der Waals surface area contributed by atoms with E-state index in [1.807, 2.05) is 32.0 Å². The molecule has 2 aromatic rings. The minimum Gasteiger partial charge on any atom is -0.348 e. The van der Waals surface area contributed by atoms with Gasteiger partial charge >= 0.3 is 0 Å². The monoisotopic (exact) mass is 229 g/mol. The summed E-state index contributed by atoms with van der Waals surface area (Å²) in [5.74, 6) is -0.0355. The minimum absolute atomic E-state index is 0.0355. The Morgan fingerprint density at radius 2 is 2.06 bits per heavy atom. The van der Waals surface area contributed by atoms with Crippen molar-refractivity contribution in [3.63, 3.8) is 0 Å². The molecule has 0 saturated heterocycles. The summed E-state index contributed by atoms with van der Waals surface area (Å²) in [4.78, 5) is 18.6. The molecule has 88 valence electrons. The Labute approximate surface area is 100 Å². The number of nitrogens with zero attached hydrogens (tertiary/aromatic N) is 1. The van der Waals surface area contributed by atoms with Crippen LogP contribution in [0.4, 0.5) is 5.69 Å². The standard InChI is InChI=1S/C13H15N3O/c1-9-4-3-5-10(2)13(9)16-12(17)6-11-7-14-8-15-11/h3-5,7-8H,6H2,1-2H3,(H,14,15)(H,16,17). The average Bonchev–Trinajstić information content (AvgIpc) is 2.76. The van der Waals surface area contributed by atoms with Crippen LogP contribution in [0.25, 0.3) is 0 Å². The van der Waals surface area contributed by atoms with Gasteiger partial charge in [0.15, 0.2) is 0 Å². The molecule has 4 nitrogen and oxygen atoms in total. The van der Waals surface area contributed by atoms with Crippen molar-refractivity contribution < 1.29 is 4.79 Å². The number of carbonyl (C=O) groups excluding carboxylic acids is 1. The molecule has 0 unspecified atom stereocenters. The van der Waals surface area contributed by atoms with E-state index in [2.05, 4.69) is 15.3 Å². The van der Waals surface area contributed by atoms with Crippen LogP contribution in [0.5, 0.6) is 0 Å². The molecule has 0 fully saturated rings. The smallest absolute Gasteiger partial charge is 0.230 e. The highest BCUT2D eigenvalue weighted by molar-refractivity contribution is 5.93. The summed E-state index contributed by atoms with van der Waals surface area (Å²) >= 11 is 0. The summed E-state index contributed by atoms with van der Waals surface area (Å²) in [6, 6.07) is 5.95. The number of carbonyl (C=O) groups is 1. The maximum atomic E-state index is 11.8. The number of benzene rings is 1. The van der Waals surface area contributed by atoms with E-state index in [-0.39, 0.29) is 5.91 Å². The van der Waals surface area contributed by atoms with Gasteiger partial charge in [0.25, 0.3) is 0 Å². The third kappa shape index (κ3) is 2.72. The van der Waals surface area contributed by atoms with Crippen molar-refractivity contribution in [2.45, 2.75) is 20.3 Å². The number of H-pyrrole nitrogens is 1. The number of aromatic nitrogens is 2. The first-order valence-electron chi connectivity index (χ1n) is 5.50. The van der Waals surface area contributed by atoms with E-state index in [0.717, 1.165) is 22.5 Å². The molecular weight excluding hydrogens is 214 g/mol. The van der Waals surface area contributed by atoms with Crippen LogP contribution in [-0.4, -0.2) is 15.9 Å². The van der Waals surface area contributed by atoms with Gasteiger partial charge in [0, 0.05) is 17.6 Å². The molecule has 0 aliphatic rings. The van der Waals surface area contributed by atoms with Gasteiger partial charge in [-0.3, -0.25) is 4.79 Å². The van der Waals surface area contributed by atoms with Crippen LogP contribution in [0.2, 0.25) is 0 Å². The second-order valence-corrected chi connectivity index (χ2v) is 4.07. The Hall–Kier alpha value is -2.10. The van der Waals surface area contributed by atoms with Gasteiger partial charge in [-0.15, -0.1) is 0 Å². The van der Waals surface area contributed by atoms with Crippen molar-refractivity contribution in [2.24, 2.45) is 0 Å². The van der Waals surface area contributed by atoms with Gasteiger partial charge in [0.2, 0.25) is 5.91 Å². The van der Waals surface area contributed by atoms with E-state index in [1.54, 1.807) is 12.5 Å². The molecule has 0 bridgehead atoms. The fourth-order valence-corrected chi connectivity index (χ4v) is 1.75. The molecule has 2 rings (SSSR count). The summed E-state index contributed by atoms with van der Waals surface area (Å²) in [5.41, 5.74) is 3.86. The molecule has 1 heterocycles. The number of aryl methyl sites for hydroxylation is 2. The summed E-state index contributed by atoms with van der Waals surface area (Å²) in [6.45, 7) is 3.97. The molecule has 2 N–H and O–H groups in total. The van der Waals surface area contributed by atoms with E-state index < -0.39 is 0 Å². The first-order chi connectivity index (χ1) is 8.16. The molecule has 0 aliphatic heterocycles. The number of amides is 1. The molecule has 1 amide bonds. The number of hydrogen-bond donors (Lipinski definition) is 2. The molecular formula is C13H15N3O. The molecule has 0 atom stereocenters. The van der Waals surface area contributed by atoms with Crippen LogP contribution in [0.1, 0.15) is 16.8 Å². The Morgan fingerprint density at radius 3 is 2.65 bits per heavy atom. The highest BCUT2D eigenvalue weighted by Gasteiger charge is 2.08. The lowest BCUT2D eigenvalue weighted by atomic mass is 10.1. The normalized spacial score (nSPS) is 10.2. The fourth-order valence-electron chi connectivity index (χ4n) is 1.75. The zero-order valence-electron chi connectivity index (χ0n) is 9.95. The Balaban J connectivity index is 2.08. The number of anilines is 1. The van der Waals surface area contributed by atoms with Crippen molar-refractivity contribution in [3.05, 3.63) is 47.5 Å². The van der Waals surface area contributed by atoms with Crippen LogP contribution in [0.15, 0.2) is 30.7 Å². The van der Waals surface area contributed by atoms with Crippen molar-refractivity contribution in [3.8, 4) is 0 Å². The summed E-state index contributed by atoms with van der Waals surface area (Å²) in [7, 11) is 0. The fraction of sp³-hybridized carbons (Fsp3) is 0.231. The lowest BCUT2D eigenvalue weighted by molar-refractivity contribution is -0.115. The highest BCUT2D eigenvalue weighted by Crippen LogP contribution is 2.19. The molecule has 0 aliphatic carbocycles. The quantitative estimate of drug-likeness (QED) is 0.847. The number of aromatic amines is 1. The number of imidazole rings is 1. The Kier molecular flexibility index (Phi) is 3.23.